The first-order chi connectivity index (χ1) is 12.7. The van der Waals surface area contributed by atoms with Crippen molar-refractivity contribution in [1.82, 2.24) is 10.3 Å². The summed E-state index contributed by atoms with van der Waals surface area (Å²) in [5.74, 6) is -1.95. The van der Waals surface area contributed by atoms with E-state index in [-0.39, 0.29) is 25.1 Å². The van der Waals surface area contributed by atoms with Crippen LogP contribution in [0.5, 0.6) is 5.75 Å². The van der Waals surface area contributed by atoms with E-state index in [0.29, 0.717) is 24.1 Å². The quantitative estimate of drug-likeness (QED) is 0.734. The van der Waals surface area contributed by atoms with Gasteiger partial charge in [-0.25, -0.2) is 0 Å². The number of carbonyl (C=O) groups is 2. The zero-order valence-corrected chi connectivity index (χ0v) is 14.1. The number of benzene rings is 1. The predicted molar refractivity (Wildman–Crippen MR) is 87.4 cm³/mol. The molecule has 7 nitrogen and oxygen atoms in total. The molecule has 0 unspecified atom stereocenters. The number of hydrogen-bond acceptors (Lipinski definition) is 4. The maximum Gasteiger partial charge on any atom is 0.573 e. The third kappa shape index (κ3) is 4.33. The number of alkyl halides is 3. The van der Waals surface area contributed by atoms with E-state index in [4.69, 9.17) is 4.74 Å². The van der Waals surface area contributed by atoms with Crippen molar-refractivity contribution in [2.75, 3.05) is 19.8 Å². The van der Waals surface area contributed by atoms with Crippen LogP contribution in [-0.4, -0.2) is 48.1 Å². The fourth-order valence-electron chi connectivity index (χ4n) is 3.00. The van der Waals surface area contributed by atoms with Gasteiger partial charge in [0.25, 0.3) is 5.91 Å². The summed E-state index contributed by atoms with van der Waals surface area (Å²) in [6.07, 6.45) is -4.24. The molecule has 1 amide bonds. The van der Waals surface area contributed by atoms with E-state index in [1.807, 2.05) is 0 Å². The summed E-state index contributed by atoms with van der Waals surface area (Å²) < 4.78 is 45.9. The minimum absolute atomic E-state index is 0.0671. The monoisotopic (exact) mass is 386 g/mol. The Balaban J connectivity index is 1.72. The highest BCUT2D eigenvalue weighted by Crippen LogP contribution is 2.30. The van der Waals surface area contributed by atoms with E-state index in [0.717, 1.165) is 12.1 Å². The number of H-pyrrole nitrogens is 1. The predicted octanol–water partition coefficient (Wildman–Crippen LogP) is 2.68. The van der Waals surface area contributed by atoms with E-state index in [1.165, 1.54) is 12.1 Å². The molecule has 1 aromatic heterocycles. The van der Waals surface area contributed by atoms with Crippen LogP contribution >= 0.6 is 0 Å². The van der Waals surface area contributed by atoms with Gasteiger partial charge >= 0.3 is 12.3 Å². The lowest BCUT2D eigenvalue weighted by Crippen LogP contribution is -2.46. The van der Waals surface area contributed by atoms with Gasteiger partial charge in [-0.15, -0.1) is 13.2 Å². The Morgan fingerprint density at radius 3 is 2.59 bits per heavy atom. The van der Waals surface area contributed by atoms with E-state index < -0.39 is 29.4 Å². The van der Waals surface area contributed by atoms with Crippen LogP contribution in [0.4, 0.5) is 13.2 Å². The maximum atomic E-state index is 12.4. The number of carbonyl (C=O) groups excluding carboxylic acids is 1. The van der Waals surface area contributed by atoms with Gasteiger partial charge in [-0.3, -0.25) is 9.59 Å². The topological polar surface area (TPSA) is 101 Å². The molecule has 0 spiro atoms. The number of carboxylic acid groups (broad SMARTS) is 1. The number of rotatable bonds is 5. The standard InChI is InChI=1S/C17H17F3N2O5/c18-17(19,20)27-11-2-1-10-7-13(22-12(10)8-11)14(23)21-9-16(15(24)25)3-5-26-6-4-16/h1-2,7-8,22H,3-6,9H2,(H,21,23)(H,24,25). The summed E-state index contributed by atoms with van der Waals surface area (Å²) in [5.41, 5.74) is -0.684. The number of aliphatic carboxylic acids is 1. The van der Waals surface area contributed by atoms with Gasteiger partial charge in [0.05, 0.1) is 5.41 Å². The van der Waals surface area contributed by atoms with Crippen molar-refractivity contribution >= 4 is 22.8 Å². The molecule has 1 saturated heterocycles. The molecule has 1 aliphatic heterocycles. The second-order valence-electron chi connectivity index (χ2n) is 6.36. The number of aromatic nitrogens is 1. The smallest absolute Gasteiger partial charge is 0.481 e. The number of amides is 1. The van der Waals surface area contributed by atoms with Crippen LogP contribution < -0.4 is 10.1 Å². The first-order valence-electron chi connectivity index (χ1n) is 8.16. The van der Waals surface area contributed by atoms with Gasteiger partial charge in [0.2, 0.25) is 0 Å². The van der Waals surface area contributed by atoms with Gasteiger partial charge in [-0.05, 0) is 31.0 Å². The van der Waals surface area contributed by atoms with Crippen molar-refractivity contribution in [3.8, 4) is 5.75 Å². The maximum absolute atomic E-state index is 12.4. The molecule has 2 aromatic rings. The number of halogens is 3. The van der Waals surface area contributed by atoms with E-state index in [9.17, 15) is 27.9 Å². The van der Waals surface area contributed by atoms with Gasteiger partial charge in [-0.2, -0.15) is 0 Å². The summed E-state index contributed by atoms with van der Waals surface area (Å²) in [7, 11) is 0. The highest BCUT2D eigenvalue weighted by molar-refractivity contribution is 5.98. The van der Waals surface area contributed by atoms with E-state index >= 15 is 0 Å². The normalized spacial score (nSPS) is 16.9. The molecule has 0 radical (unpaired) electrons. The van der Waals surface area contributed by atoms with Gasteiger partial charge in [-0.1, -0.05) is 0 Å². The molecule has 0 aliphatic carbocycles. The summed E-state index contributed by atoms with van der Waals surface area (Å²) >= 11 is 0. The van der Waals surface area contributed by atoms with Crippen LogP contribution in [-0.2, 0) is 9.53 Å². The third-order valence-corrected chi connectivity index (χ3v) is 4.56. The minimum Gasteiger partial charge on any atom is -0.481 e. The van der Waals surface area contributed by atoms with Crippen LogP contribution in [0.2, 0.25) is 0 Å². The summed E-state index contributed by atoms with van der Waals surface area (Å²) in [6.45, 7) is 0.537. The Hall–Kier alpha value is -2.75. The van der Waals surface area contributed by atoms with Crippen LogP contribution in [0.15, 0.2) is 24.3 Å². The van der Waals surface area contributed by atoms with Crippen LogP contribution in [0.1, 0.15) is 23.3 Å². The summed E-state index contributed by atoms with van der Waals surface area (Å²) in [4.78, 5) is 26.7. The van der Waals surface area contributed by atoms with Crippen molar-refractivity contribution in [3.05, 3.63) is 30.0 Å². The molecule has 146 valence electrons. The zero-order valence-electron chi connectivity index (χ0n) is 14.1. The van der Waals surface area contributed by atoms with E-state index in [2.05, 4.69) is 15.0 Å². The molecule has 3 rings (SSSR count). The number of carboxylic acids is 1. The Morgan fingerprint density at radius 2 is 1.96 bits per heavy atom. The van der Waals surface area contributed by atoms with Crippen molar-refractivity contribution in [3.63, 3.8) is 0 Å². The van der Waals surface area contributed by atoms with Crippen LogP contribution in [0.3, 0.4) is 0 Å². The number of fused-ring (bicyclic) bond motifs is 1. The molecular weight excluding hydrogens is 369 g/mol. The SMILES string of the molecule is O=C(NCC1(C(=O)O)CCOCC1)c1cc2ccc(OC(F)(F)F)cc2[nH]1. The lowest BCUT2D eigenvalue weighted by Gasteiger charge is -2.33. The van der Waals surface area contributed by atoms with Crippen molar-refractivity contribution in [2.45, 2.75) is 19.2 Å². The molecule has 10 heteroatoms. The van der Waals surface area contributed by atoms with E-state index in [1.54, 1.807) is 0 Å². The van der Waals surface area contributed by atoms with Crippen molar-refractivity contribution < 1.29 is 37.3 Å². The summed E-state index contributed by atoms with van der Waals surface area (Å²) in [6, 6.07) is 5.14. The van der Waals surface area contributed by atoms with Crippen molar-refractivity contribution in [2.24, 2.45) is 5.41 Å². The summed E-state index contributed by atoms with van der Waals surface area (Å²) in [5, 5.41) is 12.6. The molecule has 1 fully saturated rings. The first-order valence-corrected chi connectivity index (χ1v) is 8.16. The molecular formula is C17H17F3N2O5. The second-order valence-corrected chi connectivity index (χ2v) is 6.36. The molecule has 0 saturated carbocycles. The number of ether oxygens (including phenoxy) is 2. The molecule has 1 aliphatic rings. The number of aromatic amines is 1. The zero-order chi connectivity index (χ0) is 19.7. The fourth-order valence-corrected chi connectivity index (χ4v) is 3.00. The molecule has 3 N–H and O–H groups in total. The second kappa shape index (κ2) is 7.10. The Labute approximate surface area is 151 Å². The molecule has 1 aromatic carbocycles. The molecule has 0 bridgehead atoms. The van der Waals surface area contributed by atoms with Crippen LogP contribution in [0, 0.1) is 5.41 Å². The molecule has 2 heterocycles. The van der Waals surface area contributed by atoms with Gasteiger partial charge < -0.3 is 24.9 Å². The van der Waals surface area contributed by atoms with Gasteiger partial charge in [0.15, 0.2) is 0 Å². The fraction of sp³-hybridized carbons (Fsp3) is 0.412. The Morgan fingerprint density at radius 1 is 1.26 bits per heavy atom. The average Bonchev–Trinajstić information content (AvgIpc) is 3.02. The highest BCUT2D eigenvalue weighted by Gasteiger charge is 2.40. The number of hydrogen-bond donors (Lipinski definition) is 3. The molecule has 0 atom stereocenters. The Bertz CT molecular complexity index is 856. The van der Waals surface area contributed by atoms with Gasteiger partial charge in [0.1, 0.15) is 11.4 Å². The lowest BCUT2D eigenvalue weighted by molar-refractivity contribution is -0.274. The average molecular weight is 386 g/mol. The third-order valence-electron chi connectivity index (χ3n) is 4.56. The van der Waals surface area contributed by atoms with Crippen molar-refractivity contribution in [1.29, 1.82) is 0 Å². The molecule has 27 heavy (non-hydrogen) atoms. The Kier molecular flexibility index (Phi) is 5.01. The largest absolute Gasteiger partial charge is 0.573 e. The number of nitrogens with one attached hydrogen (secondary N) is 2. The minimum atomic E-state index is -4.81. The highest BCUT2D eigenvalue weighted by atomic mass is 19.4. The van der Waals surface area contributed by atoms with Crippen LogP contribution in [0.25, 0.3) is 10.9 Å². The van der Waals surface area contributed by atoms with Gasteiger partial charge in [0, 0.05) is 36.7 Å². The first kappa shape index (κ1) is 19.0. The lowest BCUT2D eigenvalue weighted by atomic mass is 9.80.